The van der Waals surface area contributed by atoms with Crippen LogP contribution >= 0.6 is 11.3 Å². The molecule has 1 amide bonds. The fraction of sp³-hybridized carbons (Fsp3) is 0.292. The summed E-state index contributed by atoms with van der Waals surface area (Å²) in [6.45, 7) is 6.14. The number of fused-ring (bicyclic) bond motifs is 1. The Kier molecular flexibility index (Phi) is 6.18. The van der Waals surface area contributed by atoms with Gasteiger partial charge in [0.2, 0.25) is 15.2 Å². The van der Waals surface area contributed by atoms with E-state index in [9.17, 15) is 13.2 Å². The van der Waals surface area contributed by atoms with E-state index in [0.29, 0.717) is 29.6 Å². The predicted molar refractivity (Wildman–Crippen MR) is 135 cm³/mol. The van der Waals surface area contributed by atoms with Gasteiger partial charge >= 0.3 is 0 Å². The van der Waals surface area contributed by atoms with Gasteiger partial charge in [0.05, 0.1) is 33.0 Å². The van der Waals surface area contributed by atoms with Gasteiger partial charge in [0.15, 0.2) is 0 Å². The molecule has 2 atom stereocenters. The number of nitrogens with zero attached hydrogens (tertiary/aromatic N) is 4. The van der Waals surface area contributed by atoms with Crippen molar-refractivity contribution in [3.05, 3.63) is 65.9 Å². The average molecular weight is 512 g/mol. The van der Waals surface area contributed by atoms with Crippen LogP contribution in [0.25, 0.3) is 15.3 Å². The molecule has 2 aromatic heterocycles. The summed E-state index contributed by atoms with van der Waals surface area (Å²) in [6.07, 6.45) is -0.357. The van der Waals surface area contributed by atoms with E-state index >= 15 is 0 Å². The summed E-state index contributed by atoms with van der Waals surface area (Å²) in [5.41, 5.74) is 1.93. The lowest BCUT2D eigenvalue weighted by molar-refractivity contribution is -0.0440. The first-order valence-electron chi connectivity index (χ1n) is 11.2. The number of hydrogen-bond acceptors (Lipinski definition) is 7. The summed E-state index contributed by atoms with van der Waals surface area (Å²) in [5.74, 6) is 0.115. The molecule has 11 heteroatoms. The number of carbonyl (C=O) groups is 1. The summed E-state index contributed by atoms with van der Waals surface area (Å²) < 4.78 is 35.9. The summed E-state index contributed by atoms with van der Waals surface area (Å²) in [6, 6.07) is 15.5. The van der Waals surface area contributed by atoms with Gasteiger partial charge in [-0.3, -0.25) is 4.79 Å². The second-order valence-corrected chi connectivity index (χ2v) is 11.6. The van der Waals surface area contributed by atoms with Crippen LogP contribution in [-0.2, 0) is 14.8 Å². The minimum Gasteiger partial charge on any atom is -0.373 e. The molecule has 1 fully saturated rings. The van der Waals surface area contributed by atoms with Crippen molar-refractivity contribution in [1.29, 1.82) is 0 Å². The molecule has 1 saturated heterocycles. The second kappa shape index (κ2) is 9.15. The largest absolute Gasteiger partial charge is 0.373 e. The van der Waals surface area contributed by atoms with Gasteiger partial charge in [-0.1, -0.05) is 23.5 Å². The van der Waals surface area contributed by atoms with Crippen molar-refractivity contribution in [2.24, 2.45) is 0 Å². The Morgan fingerprint density at radius 2 is 1.77 bits per heavy atom. The SMILES string of the molecule is Cc1cc(NC(=O)c2ccc(S(=O)(=O)N3CC(C)OC(C)C3)cc2)n(-c2nc3ccccc3s2)n1. The Bertz CT molecular complexity index is 1450. The molecule has 1 N–H and O–H groups in total. The lowest BCUT2D eigenvalue weighted by atomic mass is 10.2. The highest BCUT2D eigenvalue weighted by Crippen LogP contribution is 2.27. The monoisotopic (exact) mass is 511 g/mol. The highest BCUT2D eigenvalue weighted by atomic mass is 32.2. The first kappa shape index (κ1) is 23.6. The van der Waals surface area contributed by atoms with E-state index in [-0.39, 0.29) is 23.0 Å². The van der Waals surface area contributed by atoms with Crippen LogP contribution in [0.1, 0.15) is 29.9 Å². The number of ether oxygens (including phenoxy) is 1. The maximum atomic E-state index is 13.1. The molecule has 9 nitrogen and oxygen atoms in total. The van der Waals surface area contributed by atoms with Gasteiger partial charge in [-0.25, -0.2) is 13.4 Å². The molecule has 1 aliphatic heterocycles. The van der Waals surface area contributed by atoms with E-state index in [4.69, 9.17) is 4.74 Å². The van der Waals surface area contributed by atoms with Gasteiger partial charge in [-0.15, -0.1) is 0 Å². The molecule has 2 unspecified atom stereocenters. The standard InChI is InChI=1S/C24H25N5O4S2/c1-15-12-22(29(27-15)24-25-20-6-4-5-7-21(20)34-24)26-23(30)18-8-10-19(11-9-18)35(31,32)28-13-16(2)33-17(3)14-28/h4-12,16-17H,13-14H2,1-3H3,(H,26,30). The number of benzene rings is 2. The molecule has 0 spiro atoms. The van der Waals surface area contributed by atoms with Crippen LogP contribution in [-0.4, -0.2) is 58.7 Å². The molecule has 2 aromatic carbocycles. The number of aromatic nitrogens is 3. The molecule has 1 aliphatic rings. The van der Waals surface area contributed by atoms with Crippen LogP contribution in [0.5, 0.6) is 0 Å². The quantitative estimate of drug-likeness (QED) is 0.436. The van der Waals surface area contributed by atoms with Crippen molar-refractivity contribution in [2.75, 3.05) is 18.4 Å². The van der Waals surface area contributed by atoms with E-state index in [1.165, 1.54) is 39.9 Å². The maximum Gasteiger partial charge on any atom is 0.256 e. The number of nitrogens with one attached hydrogen (secondary N) is 1. The Morgan fingerprint density at radius 3 is 2.46 bits per heavy atom. The maximum absolute atomic E-state index is 13.1. The van der Waals surface area contributed by atoms with E-state index in [2.05, 4.69) is 15.4 Å². The van der Waals surface area contributed by atoms with Gasteiger partial charge in [-0.05, 0) is 57.2 Å². The smallest absolute Gasteiger partial charge is 0.256 e. The van der Waals surface area contributed by atoms with E-state index in [1.807, 2.05) is 45.0 Å². The Morgan fingerprint density at radius 1 is 1.09 bits per heavy atom. The molecule has 0 saturated carbocycles. The Labute approximate surface area is 207 Å². The van der Waals surface area contributed by atoms with Crippen molar-refractivity contribution < 1.29 is 17.9 Å². The Hall–Kier alpha value is -3.12. The zero-order valence-corrected chi connectivity index (χ0v) is 21.1. The second-order valence-electron chi connectivity index (χ2n) is 8.60. The molecular weight excluding hydrogens is 486 g/mol. The number of rotatable bonds is 5. The first-order valence-corrected chi connectivity index (χ1v) is 13.5. The number of para-hydroxylation sites is 1. The summed E-state index contributed by atoms with van der Waals surface area (Å²) in [4.78, 5) is 17.7. The number of anilines is 1. The Balaban J connectivity index is 1.36. The van der Waals surface area contributed by atoms with Crippen LogP contribution in [0.2, 0.25) is 0 Å². The summed E-state index contributed by atoms with van der Waals surface area (Å²) in [7, 11) is -3.68. The van der Waals surface area contributed by atoms with Crippen molar-refractivity contribution in [3.8, 4) is 5.13 Å². The van der Waals surface area contributed by atoms with E-state index < -0.39 is 10.0 Å². The molecule has 0 bridgehead atoms. The number of aryl methyl sites for hydroxylation is 1. The van der Waals surface area contributed by atoms with E-state index in [0.717, 1.165) is 15.9 Å². The molecule has 35 heavy (non-hydrogen) atoms. The van der Waals surface area contributed by atoms with Gasteiger partial charge < -0.3 is 10.1 Å². The molecule has 3 heterocycles. The van der Waals surface area contributed by atoms with Gasteiger partial charge in [-0.2, -0.15) is 14.1 Å². The van der Waals surface area contributed by atoms with Gasteiger partial charge in [0.1, 0.15) is 5.82 Å². The fourth-order valence-corrected chi connectivity index (χ4v) is 6.65. The zero-order chi connectivity index (χ0) is 24.7. The summed E-state index contributed by atoms with van der Waals surface area (Å²) in [5, 5.41) is 8.01. The van der Waals surface area contributed by atoms with Gasteiger partial charge in [0, 0.05) is 24.7 Å². The molecule has 0 aliphatic carbocycles. The van der Waals surface area contributed by atoms with Crippen LogP contribution in [0.3, 0.4) is 0 Å². The van der Waals surface area contributed by atoms with Crippen LogP contribution < -0.4 is 5.32 Å². The van der Waals surface area contributed by atoms with Crippen LogP contribution in [0, 0.1) is 6.92 Å². The predicted octanol–water partition coefficient (Wildman–Crippen LogP) is 3.84. The lowest BCUT2D eigenvalue weighted by Crippen LogP contribution is -2.48. The van der Waals surface area contributed by atoms with Crippen molar-refractivity contribution in [3.63, 3.8) is 0 Å². The number of morpholine rings is 1. The van der Waals surface area contributed by atoms with Gasteiger partial charge in [0.25, 0.3) is 5.91 Å². The zero-order valence-electron chi connectivity index (χ0n) is 19.5. The minimum atomic E-state index is -3.68. The molecule has 0 radical (unpaired) electrons. The number of amides is 1. The number of sulfonamides is 1. The number of carbonyl (C=O) groups excluding carboxylic acids is 1. The highest BCUT2D eigenvalue weighted by Gasteiger charge is 2.32. The van der Waals surface area contributed by atoms with Crippen LogP contribution in [0.4, 0.5) is 5.82 Å². The summed E-state index contributed by atoms with van der Waals surface area (Å²) >= 11 is 1.48. The minimum absolute atomic E-state index is 0.144. The third-order valence-electron chi connectivity index (χ3n) is 5.68. The van der Waals surface area contributed by atoms with Crippen molar-refractivity contribution in [1.82, 2.24) is 19.1 Å². The number of hydrogen-bond donors (Lipinski definition) is 1. The average Bonchev–Trinajstić information content (AvgIpc) is 3.41. The topological polar surface area (TPSA) is 106 Å². The van der Waals surface area contributed by atoms with E-state index in [1.54, 1.807) is 10.7 Å². The first-order chi connectivity index (χ1) is 16.7. The molecule has 4 aromatic rings. The van der Waals surface area contributed by atoms with Crippen molar-refractivity contribution >= 4 is 43.3 Å². The lowest BCUT2D eigenvalue weighted by Gasteiger charge is -2.34. The molecule has 5 rings (SSSR count). The number of thiazole rings is 1. The molecule has 182 valence electrons. The van der Waals surface area contributed by atoms with Crippen LogP contribution in [0.15, 0.2) is 59.5 Å². The normalized spacial score (nSPS) is 19.2. The van der Waals surface area contributed by atoms with Crippen molar-refractivity contribution in [2.45, 2.75) is 37.9 Å². The third kappa shape index (κ3) is 4.72. The fourth-order valence-electron chi connectivity index (χ4n) is 4.13. The highest BCUT2D eigenvalue weighted by molar-refractivity contribution is 7.89. The molecular formula is C24H25N5O4S2. The third-order valence-corrected chi connectivity index (χ3v) is 8.54.